The van der Waals surface area contributed by atoms with Crippen molar-refractivity contribution in [1.29, 1.82) is 0 Å². The fourth-order valence-electron chi connectivity index (χ4n) is 5.68. The Hall–Kier alpha value is -3.56. The maximum atomic E-state index is 10.8. The van der Waals surface area contributed by atoms with Crippen LogP contribution in [0.3, 0.4) is 0 Å². The van der Waals surface area contributed by atoms with E-state index >= 15 is 0 Å². The lowest BCUT2D eigenvalue weighted by atomic mass is 9.89. The van der Waals surface area contributed by atoms with Crippen molar-refractivity contribution in [2.75, 3.05) is 13.2 Å². The lowest BCUT2D eigenvalue weighted by Crippen LogP contribution is -2.27. The molecule has 1 aliphatic rings. The number of aliphatic hydroxyl groups is 1. The lowest BCUT2D eigenvalue weighted by Gasteiger charge is -2.31. The summed E-state index contributed by atoms with van der Waals surface area (Å²) in [6.07, 6.45) is 3.61. The minimum Gasteiger partial charge on any atom is -0.386 e. The molecule has 1 fully saturated rings. The molecule has 4 aromatic heterocycles. The first kappa shape index (κ1) is 23.8. The SMILES string of the molecule is Cc1cc(C(C2CCOCC2)n2c3cc(-c4c(C)nnn4C)ccc3c3ncc(C(C)(C)O)cc32)no1. The summed E-state index contributed by atoms with van der Waals surface area (Å²) in [4.78, 5) is 4.87. The number of benzene rings is 1. The first-order valence-electron chi connectivity index (χ1n) is 12.8. The van der Waals surface area contributed by atoms with Gasteiger partial charge in [0, 0.05) is 49.0 Å². The van der Waals surface area contributed by atoms with E-state index in [0.29, 0.717) is 19.1 Å². The number of fused-ring (bicyclic) bond motifs is 3. The predicted octanol–water partition coefficient (Wildman–Crippen LogP) is 4.83. The molecule has 0 radical (unpaired) electrons. The van der Waals surface area contributed by atoms with Crippen LogP contribution >= 0.6 is 0 Å². The maximum Gasteiger partial charge on any atom is 0.134 e. The average molecular weight is 501 g/mol. The second kappa shape index (κ2) is 8.78. The molecular weight excluding hydrogens is 468 g/mol. The highest BCUT2D eigenvalue weighted by atomic mass is 16.5. The smallest absolute Gasteiger partial charge is 0.134 e. The molecule has 0 bridgehead atoms. The number of hydrogen-bond donors (Lipinski definition) is 1. The predicted molar refractivity (Wildman–Crippen MR) is 140 cm³/mol. The molecule has 0 saturated carbocycles. The topological polar surface area (TPSA) is 104 Å². The third-order valence-corrected chi connectivity index (χ3v) is 7.55. The monoisotopic (exact) mass is 500 g/mol. The van der Waals surface area contributed by atoms with Gasteiger partial charge in [-0.3, -0.25) is 4.98 Å². The summed E-state index contributed by atoms with van der Waals surface area (Å²) in [7, 11) is 1.91. The highest BCUT2D eigenvalue weighted by molar-refractivity contribution is 6.07. The third-order valence-electron chi connectivity index (χ3n) is 7.55. The minimum atomic E-state index is -1.02. The fourth-order valence-corrected chi connectivity index (χ4v) is 5.68. The van der Waals surface area contributed by atoms with E-state index in [1.54, 1.807) is 20.0 Å². The molecule has 0 amide bonds. The van der Waals surface area contributed by atoms with E-state index < -0.39 is 5.60 Å². The van der Waals surface area contributed by atoms with E-state index in [0.717, 1.165) is 68.7 Å². The molecule has 0 spiro atoms. The van der Waals surface area contributed by atoms with Crippen molar-refractivity contribution in [2.24, 2.45) is 13.0 Å². The Morgan fingerprint density at radius 3 is 2.51 bits per heavy atom. The molecule has 6 rings (SSSR count). The van der Waals surface area contributed by atoms with Crippen molar-refractivity contribution in [3.8, 4) is 11.3 Å². The number of aryl methyl sites for hydroxylation is 3. The van der Waals surface area contributed by atoms with Crippen molar-refractivity contribution < 1.29 is 14.4 Å². The zero-order valence-electron chi connectivity index (χ0n) is 21.9. The van der Waals surface area contributed by atoms with Gasteiger partial charge in [-0.25, -0.2) is 4.68 Å². The molecule has 192 valence electrons. The Balaban J connectivity index is 1.69. The van der Waals surface area contributed by atoms with Crippen LogP contribution in [0.25, 0.3) is 33.2 Å². The van der Waals surface area contributed by atoms with Gasteiger partial charge in [0.15, 0.2) is 0 Å². The van der Waals surface area contributed by atoms with Crippen LogP contribution in [0, 0.1) is 19.8 Å². The molecule has 1 atom stereocenters. The van der Waals surface area contributed by atoms with Gasteiger partial charge in [-0.1, -0.05) is 16.4 Å². The van der Waals surface area contributed by atoms with Gasteiger partial charge in [0.1, 0.15) is 11.5 Å². The molecule has 1 aromatic carbocycles. The van der Waals surface area contributed by atoms with Gasteiger partial charge >= 0.3 is 0 Å². The maximum absolute atomic E-state index is 10.8. The molecule has 5 aromatic rings. The number of rotatable bonds is 5. The summed E-state index contributed by atoms with van der Waals surface area (Å²) in [5.41, 5.74) is 6.42. The van der Waals surface area contributed by atoms with Crippen molar-refractivity contribution >= 4 is 21.9 Å². The van der Waals surface area contributed by atoms with Crippen molar-refractivity contribution in [2.45, 2.75) is 52.2 Å². The summed E-state index contributed by atoms with van der Waals surface area (Å²) in [6.45, 7) is 8.91. The van der Waals surface area contributed by atoms with Crippen LogP contribution in [-0.2, 0) is 17.4 Å². The highest BCUT2D eigenvalue weighted by Crippen LogP contribution is 2.42. The summed E-state index contributed by atoms with van der Waals surface area (Å²) in [5.74, 6) is 1.08. The van der Waals surface area contributed by atoms with E-state index in [4.69, 9.17) is 14.2 Å². The number of ether oxygens (including phenoxy) is 1. The quantitative estimate of drug-likeness (QED) is 0.368. The Bertz CT molecular complexity index is 1580. The zero-order valence-corrected chi connectivity index (χ0v) is 21.9. The molecule has 1 N–H and O–H groups in total. The number of hydrogen-bond acceptors (Lipinski definition) is 7. The van der Waals surface area contributed by atoms with Crippen LogP contribution in [0.2, 0.25) is 0 Å². The van der Waals surface area contributed by atoms with Gasteiger partial charge in [-0.05, 0) is 64.7 Å². The summed E-state index contributed by atoms with van der Waals surface area (Å²) in [5, 5.41) is 24.9. The molecule has 9 heteroatoms. The van der Waals surface area contributed by atoms with Crippen LogP contribution in [-0.4, -0.2) is 48.0 Å². The largest absolute Gasteiger partial charge is 0.386 e. The van der Waals surface area contributed by atoms with Crippen molar-refractivity contribution in [3.05, 3.63) is 59.2 Å². The summed E-state index contributed by atoms with van der Waals surface area (Å²) < 4.78 is 15.5. The average Bonchev–Trinajstić information content (AvgIpc) is 3.54. The van der Waals surface area contributed by atoms with E-state index in [2.05, 4.69) is 44.3 Å². The van der Waals surface area contributed by atoms with E-state index in [-0.39, 0.29) is 6.04 Å². The van der Waals surface area contributed by atoms with E-state index in [9.17, 15) is 5.11 Å². The molecule has 0 aliphatic carbocycles. The molecule has 1 aliphatic heterocycles. The van der Waals surface area contributed by atoms with Gasteiger partial charge in [-0.15, -0.1) is 5.10 Å². The van der Waals surface area contributed by atoms with Crippen LogP contribution in [0.5, 0.6) is 0 Å². The van der Waals surface area contributed by atoms with Crippen molar-refractivity contribution in [1.82, 2.24) is 29.7 Å². The Morgan fingerprint density at radius 2 is 1.86 bits per heavy atom. The summed E-state index contributed by atoms with van der Waals surface area (Å²) in [6, 6.07) is 10.4. The Morgan fingerprint density at radius 1 is 1.08 bits per heavy atom. The van der Waals surface area contributed by atoms with E-state index in [1.807, 2.05) is 31.6 Å². The fraction of sp³-hybridized carbons (Fsp3) is 0.429. The highest BCUT2D eigenvalue weighted by Gasteiger charge is 2.33. The molecule has 1 unspecified atom stereocenters. The first-order chi connectivity index (χ1) is 17.7. The van der Waals surface area contributed by atoms with Gasteiger partial charge in [0.05, 0.1) is 39.6 Å². The van der Waals surface area contributed by atoms with Crippen LogP contribution in [0.15, 0.2) is 41.1 Å². The molecular formula is C28H32N6O3. The Labute approximate surface area is 215 Å². The minimum absolute atomic E-state index is 0.0822. The number of nitrogens with zero attached hydrogens (tertiary/aromatic N) is 6. The van der Waals surface area contributed by atoms with Crippen molar-refractivity contribution in [3.63, 3.8) is 0 Å². The van der Waals surface area contributed by atoms with Gasteiger partial charge < -0.3 is 18.9 Å². The second-order valence-corrected chi connectivity index (χ2v) is 10.7. The van der Waals surface area contributed by atoms with Crippen LogP contribution < -0.4 is 0 Å². The Kier molecular flexibility index (Phi) is 5.65. The van der Waals surface area contributed by atoms with Gasteiger partial charge in [0.2, 0.25) is 0 Å². The standard InChI is InChI=1S/C28H32N6O3/c1-16-12-22(31-37-16)27(18-8-10-36-11-9-18)34-23-13-19(26-17(2)30-32-33(26)5)6-7-21(23)25-24(34)14-20(15-29-25)28(3,4)35/h6-7,12-15,18,27,35H,8-11H2,1-5H3. The molecule has 37 heavy (non-hydrogen) atoms. The molecule has 1 saturated heterocycles. The van der Waals surface area contributed by atoms with Gasteiger partial charge in [0.25, 0.3) is 0 Å². The zero-order chi connectivity index (χ0) is 25.9. The summed E-state index contributed by atoms with van der Waals surface area (Å²) >= 11 is 0. The van der Waals surface area contributed by atoms with E-state index in [1.165, 1.54) is 0 Å². The second-order valence-electron chi connectivity index (χ2n) is 10.7. The first-order valence-corrected chi connectivity index (χ1v) is 12.8. The van der Waals surface area contributed by atoms with Crippen LogP contribution in [0.4, 0.5) is 0 Å². The lowest BCUT2D eigenvalue weighted by molar-refractivity contribution is 0.0543. The van der Waals surface area contributed by atoms with Crippen LogP contribution in [0.1, 0.15) is 55.4 Å². The molecule has 5 heterocycles. The number of pyridine rings is 1. The normalized spacial score (nSPS) is 16.2. The van der Waals surface area contributed by atoms with Gasteiger partial charge in [-0.2, -0.15) is 0 Å². The molecule has 9 nitrogen and oxygen atoms in total. The third kappa shape index (κ3) is 4.02. The number of aromatic nitrogens is 6.